The molecule has 0 saturated carbocycles. The number of benzene rings is 2. The Bertz CT molecular complexity index is 1420. The van der Waals surface area contributed by atoms with Gasteiger partial charge in [-0.2, -0.15) is 0 Å². The number of amides is 2. The fourth-order valence-electron chi connectivity index (χ4n) is 4.16. The zero-order valence-electron chi connectivity index (χ0n) is 19.2. The summed E-state index contributed by atoms with van der Waals surface area (Å²) >= 11 is 5.32. The van der Waals surface area contributed by atoms with Gasteiger partial charge >= 0.3 is 5.97 Å². The number of anilines is 1. The van der Waals surface area contributed by atoms with Crippen LogP contribution in [0, 0.1) is 27.7 Å². The van der Waals surface area contributed by atoms with E-state index in [0.717, 1.165) is 16.8 Å². The lowest BCUT2D eigenvalue weighted by Gasteiger charge is -2.30. The molecule has 2 heterocycles. The quantitative estimate of drug-likeness (QED) is 0.336. The number of hydrogen-bond acceptors (Lipinski definition) is 4. The van der Waals surface area contributed by atoms with E-state index in [1.165, 1.54) is 17.0 Å². The highest BCUT2D eigenvalue weighted by Crippen LogP contribution is 2.29. The van der Waals surface area contributed by atoms with Crippen LogP contribution in [0.4, 0.5) is 5.69 Å². The first kappa shape index (κ1) is 23.1. The van der Waals surface area contributed by atoms with Gasteiger partial charge in [0.25, 0.3) is 11.8 Å². The van der Waals surface area contributed by atoms with Crippen molar-refractivity contribution < 1.29 is 19.5 Å². The molecule has 0 atom stereocenters. The molecule has 1 fully saturated rings. The van der Waals surface area contributed by atoms with Crippen molar-refractivity contribution in [2.45, 2.75) is 27.7 Å². The summed E-state index contributed by atoms with van der Waals surface area (Å²) in [6, 6.07) is 14.1. The minimum absolute atomic E-state index is 0.0294. The van der Waals surface area contributed by atoms with Crippen LogP contribution in [-0.2, 0) is 9.59 Å². The number of carboxylic acids is 1. The van der Waals surface area contributed by atoms with Gasteiger partial charge in [0.2, 0.25) is 0 Å². The molecule has 172 valence electrons. The van der Waals surface area contributed by atoms with E-state index in [-0.39, 0.29) is 16.2 Å². The van der Waals surface area contributed by atoms with Gasteiger partial charge in [0.1, 0.15) is 5.57 Å². The standard InChI is InChI=1S/C26H23N3O4S/c1-14-8-7-11-21(16(14)3)29-24(31)20(23(30)27-26(29)34)13-18-12-15(2)28(17(18)4)22-10-6-5-9-19(22)25(32)33/h5-13H,1-4H3,(H,32,33)(H,27,30,34)/b20-13+. The maximum Gasteiger partial charge on any atom is 0.337 e. The zero-order chi connectivity index (χ0) is 24.7. The van der Waals surface area contributed by atoms with Crippen LogP contribution in [0.15, 0.2) is 54.1 Å². The number of thiocarbonyl (C=S) groups is 1. The third-order valence-corrected chi connectivity index (χ3v) is 6.35. The topological polar surface area (TPSA) is 91.6 Å². The molecule has 0 unspecified atom stereocenters. The number of nitrogens with zero attached hydrogens (tertiary/aromatic N) is 2. The minimum atomic E-state index is -1.04. The van der Waals surface area contributed by atoms with Crippen molar-refractivity contribution in [2.24, 2.45) is 0 Å². The molecule has 1 saturated heterocycles. The van der Waals surface area contributed by atoms with Gasteiger partial charge < -0.3 is 9.67 Å². The maximum atomic E-state index is 13.5. The van der Waals surface area contributed by atoms with Crippen LogP contribution >= 0.6 is 12.2 Å². The lowest BCUT2D eigenvalue weighted by atomic mass is 10.0. The van der Waals surface area contributed by atoms with Crippen LogP contribution in [0.1, 0.15) is 38.4 Å². The highest BCUT2D eigenvalue weighted by atomic mass is 32.1. The molecule has 1 aliphatic rings. The molecule has 0 spiro atoms. The normalized spacial score (nSPS) is 15.1. The van der Waals surface area contributed by atoms with Crippen molar-refractivity contribution in [3.8, 4) is 5.69 Å². The van der Waals surface area contributed by atoms with E-state index in [9.17, 15) is 19.5 Å². The Morgan fingerprint density at radius 1 is 1.00 bits per heavy atom. The van der Waals surface area contributed by atoms with E-state index < -0.39 is 17.8 Å². The van der Waals surface area contributed by atoms with Gasteiger partial charge in [0.15, 0.2) is 5.11 Å². The van der Waals surface area contributed by atoms with Crippen molar-refractivity contribution in [3.05, 3.63) is 87.7 Å². The van der Waals surface area contributed by atoms with Gasteiger partial charge in [0, 0.05) is 11.4 Å². The monoisotopic (exact) mass is 473 g/mol. The van der Waals surface area contributed by atoms with Gasteiger partial charge in [0.05, 0.1) is 16.9 Å². The van der Waals surface area contributed by atoms with E-state index in [1.54, 1.807) is 28.8 Å². The van der Waals surface area contributed by atoms with E-state index in [4.69, 9.17) is 12.2 Å². The van der Waals surface area contributed by atoms with Gasteiger partial charge in [-0.15, -0.1) is 0 Å². The average Bonchev–Trinajstić information content (AvgIpc) is 3.06. The minimum Gasteiger partial charge on any atom is -0.478 e. The summed E-state index contributed by atoms with van der Waals surface area (Å²) in [6.45, 7) is 7.49. The summed E-state index contributed by atoms with van der Waals surface area (Å²) < 4.78 is 1.80. The summed E-state index contributed by atoms with van der Waals surface area (Å²) in [7, 11) is 0. The Morgan fingerprint density at radius 3 is 2.38 bits per heavy atom. The first-order valence-electron chi connectivity index (χ1n) is 10.6. The van der Waals surface area contributed by atoms with E-state index in [0.29, 0.717) is 22.6 Å². The van der Waals surface area contributed by atoms with E-state index in [2.05, 4.69) is 5.32 Å². The second kappa shape index (κ2) is 8.72. The molecular weight excluding hydrogens is 450 g/mol. The number of carbonyl (C=O) groups is 3. The molecule has 8 heteroatoms. The number of aromatic carboxylic acids is 1. The van der Waals surface area contributed by atoms with Crippen LogP contribution in [-0.4, -0.2) is 32.6 Å². The molecule has 0 radical (unpaired) electrons. The number of carbonyl (C=O) groups excluding carboxylic acids is 2. The zero-order valence-corrected chi connectivity index (χ0v) is 20.0. The molecule has 0 aliphatic carbocycles. The second-order valence-electron chi connectivity index (χ2n) is 8.16. The lowest BCUT2D eigenvalue weighted by Crippen LogP contribution is -2.54. The Kier molecular flexibility index (Phi) is 5.93. The van der Waals surface area contributed by atoms with Crippen LogP contribution in [0.5, 0.6) is 0 Å². The van der Waals surface area contributed by atoms with Crippen LogP contribution in [0.2, 0.25) is 0 Å². The fraction of sp³-hybridized carbons (Fsp3) is 0.154. The van der Waals surface area contributed by atoms with Crippen molar-refractivity contribution in [1.29, 1.82) is 0 Å². The Hall–Kier alpha value is -4.04. The van der Waals surface area contributed by atoms with Gasteiger partial charge in [-0.3, -0.25) is 19.8 Å². The number of nitrogens with one attached hydrogen (secondary N) is 1. The van der Waals surface area contributed by atoms with Gasteiger partial charge in [-0.1, -0.05) is 24.3 Å². The number of para-hydroxylation sites is 1. The molecule has 2 N–H and O–H groups in total. The Labute approximate surface area is 202 Å². The number of aromatic nitrogens is 1. The highest BCUT2D eigenvalue weighted by molar-refractivity contribution is 7.80. The summed E-state index contributed by atoms with van der Waals surface area (Å²) in [4.78, 5) is 39.3. The number of hydrogen-bond donors (Lipinski definition) is 2. The Morgan fingerprint density at radius 2 is 1.68 bits per heavy atom. The summed E-state index contributed by atoms with van der Waals surface area (Å²) in [5.74, 6) is -2.13. The predicted octanol–water partition coefficient (Wildman–Crippen LogP) is 4.24. The first-order valence-corrected chi connectivity index (χ1v) is 11.0. The van der Waals surface area contributed by atoms with Gasteiger partial charge in [-0.05, 0) is 86.9 Å². The molecule has 4 rings (SSSR count). The molecule has 7 nitrogen and oxygen atoms in total. The molecule has 1 aromatic heterocycles. The average molecular weight is 474 g/mol. The SMILES string of the molecule is Cc1cccc(N2C(=O)/C(=C/c3cc(C)n(-c4ccccc4C(=O)O)c3C)C(=O)NC2=S)c1C. The molecule has 34 heavy (non-hydrogen) atoms. The van der Waals surface area contributed by atoms with Crippen LogP contribution < -0.4 is 10.2 Å². The number of aryl methyl sites for hydroxylation is 2. The maximum absolute atomic E-state index is 13.5. The smallest absolute Gasteiger partial charge is 0.337 e. The summed E-state index contributed by atoms with van der Waals surface area (Å²) in [6.07, 6.45) is 1.53. The second-order valence-corrected chi connectivity index (χ2v) is 8.55. The largest absolute Gasteiger partial charge is 0.478 e. The summed E-state index contributed by atoms with van der Waals surface area (Å²) in [5, 5.41) is 12.3. The van der Waals surface area contributed by atoms with Crippen molar-refractivity contribution in [1.82, 2.24) is 9.88 Å². The van der Waals surface area contributed by atoms with Crippen molar-refractivity contribution in [2.75, 3.05) is 4.90 Å². The lowest BCUT2D eigenvalue weighted by molar-refractivity contribution is -0.122. The Balaban J connectivity index is 1.82. The van der Waals surface area contributed by atoms with E-state index >= 15 is 0 Å². The number of rotatable bonds is 4. The third-order valence-electron chi connectivity index (χ3n) is 6.06. The van der Waals surface area contributed by atoms with E-state index in [1.807, 2.05) is 45.9 Å². The van der Waals surface area contributed by atoms with Crippen LogP contribution in [0.3, 0.4) is 0 Å². The summed E-state index contributed by atoms with van der Waals surface area (Å²) in [5.41, 5.74) is 5.20. The molecule has 1 aliphatic heterocycles. The number of carboxylic acid groups (broad SMARTS) is 1. The molecule has 0 bridgehead atoms. The molecular formula is C26H23N3O4S. The van der Waals surface area contributed by atoms with Crippen LogP contribution in [0.25, 0.3) is 11.8 Å². The van der Waals surface area contributed by atoms with Crippen molar-refractivity contribution in [3.63, 3.8) is 0 Å². The third kappa shape index (κ3) is 3.82. The molecule has 2 amide bonds. The van der Waals surface area contributed by atoms with Crippen molar-refractivity contribution >= 4 is 46.9 Å². The highest BCUT2D eigenvalue weighted by Gasteiger charge is 2.35. The predicted molar refractivity (Wildman–Crippen MR) is 134 cm³/mol. The molecule has 3 aromatic rings. The fourth-order valence-corrected chi connectivity index (χ4v) is 4.44. The van der Waals surface area contributed by atoms with Gasteiger partial charge in [-0.25, -0.2) is 4.79 Å². The first-order chi connectivity index (χ1) is 16.1. The molecule has 2 aromatic carbocycles.